The molecule has 0 atom stereocenters. The van der Waals surface area contributed by atoms with Crippen molar-refractivity contribution >= 4 is 11.6 Å². The number of rotatable bonds is 6. The van der Waals surface area contributed by atoms with Crippen molar-refractivity contribution in [3.8, 4) is 0 Å². The van der Waals surface area contributed by atoms with E-state index in [-0.39, 0.29) is 0 Å². The average Bonchev–Trinajstić information content (AvgIpc) is 2.48. The number of halogens is 1. The molecule has 0 radical (unpaired) electrons. The van der Waals surface area contributed by atoms with E-state index in [1.807, 2.05) is 18.3 Å². The standard InChI is InChI=1S/C15H19FN4/c1-3-20(4-2)15-9-8-12(11-18-15)10-17-14-7-5-6-13(16)19-14/h5-9,11H,3-4,10H2,1-2H3,(H,17,19). The lowest BCUT2D eigenvalue weighted by Gasteiger charge is -2.19. The van der Waals surface area contributed by atoms with Crippen molar-refractivity contribution < 1.29 is 4.39 Å². The second-order valence-electron chi connectivity index (χ2n) is 4.40. The molecule has 2 aromatic heterocycles. The SMILES string of the molecule is CCN(CC)c1ccc(CNc2cccc(F)n2)cn1. The Morgan fingerprint density at radius 1 is 1.15 bits per heavy atom. The zero-order valence-corrected chi connectivity index (χ0v) is 11.8. The van der Waals surface area contributed by atoms with E-state index in [0.29, 0.717) is 12.4 Å². The van der Waals surface area contributed by atoms with Gasteiger partial charge in [-0.2, -0.15) is 4.39 Å². The maximum absolute atomic E-state index is 12.9. The van der Waals surface area contributed by atoms with Gasteiger partial charge in [0.1, 0.15) is 11.6 Å². The molecule has 0 saturated heterocycles. The van der Waals surface area contributed by atoms with Crippen molar-refractivity contribution in [2.45, 2.75) is 20.4 Å². The molecule has 0 unspecified atom stereocenters. The maximum Gasteiger partial charge on any atom is 0.214 e. The minimum atomic E-state index is -0.481. The topological polar surface area (TPSA) is 41.0 Å². The Balaban J connectivity index is 1.97. The van der Waals surface area contributed by atoms with Crippen LogP contribution in [0, 0.1) is 5.95 Å². The highest BCUT2D eigenvalue weighted by molar-refractivity contribution is 5.40. The lowest BCUT2D eigenvalue weighted by atomic mass is 10.2. The average molecular weight is 274 g/mol. The van der Waals surface area contributed by atoms with Gasteiger partial charge in [0, 0.05) is 25.8 Å². The summed E-state index contributed by atoms with van der Waals surface area (Å²) >= 11 is 0. The van der Waals surface area contributed by atoms with Crippen molar-refractivity contribution in [3.05, 3.63) is 48.0 Å². The molecule has 106 valence electrons. The molecule has 0 spiro atoms. The first-order valence-electron chi connectivity index (χ1n) is 6.79. The molecule has 5 heteroatoms. The fourth-order valence-electron chi connectivity index (χ4n) is 1.96. The van der Waals surface area contributed by atoms with E-state index in [4.69, 9.17) is 0 Å². The third kappa shape index (κ3) is 3.66. The van der Waals surface area contributed by atoms with Gasteiger partial charge in [-0.05, 0) is 37.6 Å². The summed E-state index contributed by atoms with van der Waals surface area (Å²) in [6, 6.07) is 8.72. The van der Waals surface area contributed by atoms with Crippen LogP contribution in [0.2, 0.25) is 0 Å². The molecule has 0 saturated carbocycles. The largest absolute Gasteiger partial charge is 0.366 e. The van der Waals surface area contributed by atoms with Crippen LogP contribution in [0.4, 0.5) is 16.0 Å². The zero-order chi connectivity index (χ0) is 14.4. The van der Waals surface area contributed by atoms with Crippen LogP contribution >= 0.6 is 0 Å². The minimum absolute atomic E-state index is 0.481. The van der Waals surface area contributed by atoms with Gasteiger partial charge in [-0.15, -0.1) is 0 Å². The highest BCUT2D eigenvalue weighted by atomic mass is 19.1. The van der Waals surface area contributed by atoms with Gasteiger partial charge in [0.2, 0.25) is 5.95 Å². The fraction of sp³-hybridized carbons (Fsp3) is 0.333. The van der Waals surface area contributed by atoms with Gasteiger partial charge < -0.3 is 10.2 Å². The highest BCUT2D eigenvalue weighted by Gasteiger charge is 2.03. The van der Waals surface area contributed by atoms with Crippen molar-refractivity contribution in [1.82, 2.24) is 9.97 Å². The Kier molecular flexibility index (Phi) is 4.87. The predicted octanol–water partition coefficient (Wildman–Crippen LogP) is 3.07. The molecule has 0 amide bonds. The van der Waals surface area contributed by atoms with Gasteiger partial charge in [-0.25, -0.2) is 9.97 Å². The van der Waals surface area contributed by atoms with Crippen LogP contribution < -0.4 is 10.2 Å². The summed E-state index contributed by atoms with van der Waals surface area (Å²) in [5.74, 6) is 1.02. The summed E-state index contributed by atoms with van der Waals surface area (Å²) in [6.45, 7) is 6.66. The number of pyridine rings is 2. The maximum atomic E-state index is 12.9. The quantitative estimate of drug-likeness (QED) is 0.822. The van der Waals surface area contributed by atoms with Crippen LogP contribution in [0.1, 0.15) is 19.4 Å². The van der Waals surface area contributed by atoms with Crippen LogP contribution in [0.15, 0.2) is 36.5 Å². The lowest BCUT2D eigenvalue weighted by Crippen LogP contribution is -2.22. The van der Waals surface area contributed by atoms with Crippen molar-refractivity contribution in [3.63, 3.8) is 0 Å². The van der Waals surface area contributed by atoms with Gasteiger partial charge in [0.25, 0.3) is 0 Å². The van der Waals surface area contributed by atoms with Crippen molar-refractivity contribution in [2.75, 3.05) is 23.3 Å². The summed E-state index contributed by atoms with van der Waals surface area (Å²) in [6.07, 6.45) is 1.83. The van der Waals surface area contributed by atoms with E-state index in [1.165, 1.54) is 6.07 Å². The molecule has 4 nitrogen and oxygen atoms in total. The Morgan fingerprint density at radius 3 is 2.55 bits per heavy atom. The monoisotopic (exact) mass is 274 g/mol. The smallest absolute Gasteiger partial charge is 0.214 e. The Bertz CT molecular complexity index is 538. The first-order valence-corrected chi connectivity index (χ1v) is 6.79. The van der Waals surface area contributed by atoms with Gasteiger partial charge in [0.05, 0.1) is 0 Å². The predicted molar refractivity (Wildman–Crippen MR) is 79.3 cm³/mol. The molecule has 0 aromatic carbocycles. The number of hydrogen-bond donors (Lipinski definition) is 1. The Morgan fingerprint density at radius 2 is 1.95 bits per heavy atom. The molecule has 0 fully saturated rings. The molecule has 2 heterocycles. The van der Waals surface area contributed by atoms with E-state index < -0.39 is 5.95 Å². The molecule has 1 N–H and O–H groups in total. The molecule has 2 rings (SSSR count). The van der Waals surface area contributed by atoms with Gasteiger partial charge >= 0.3 is 0 Å². The molecule has 0 aliphatic carbocycles. The van der Waals surface area contributed by atoms with E-state index in [1.54, 1.807) is 12.1 Å². The van der Waals surface area contributed by atoms with Crippen LogP contribution in [-0.2, 0) is 6.54 Å². The van der Waals surface area contributed by atoms with Crippen LogP contribution in [0.3, 0.4) is 0 Å². The summed E-state index contributed by atoms with van der Waals surface area (Å²) in [7, 11) is 0. The van der Waals surface area contributed by atoms with Crippen LogP contribution in [0.25, 0.3) is 0 Å². The van der Waals surface area contributed by atoms with Gasteiger partial charge in [0.15, 0.2) is 0 Å². The summed E-state index contributed by atoms with van der Waals surface area (Å²) < 4.78 is 12.9. The third-order valence-electron chi connectivity index (χ3n) is 3.09. The van der Waals surface area contributed by atoms with E-state index in [9.17, 15) is 4.39 Å². The first kappa shape index (κ1) is 14.2. The number of aromatic nitrogens is 2. The van der Waals surface area contributed by atoms with Crippen molar-refractivity contribution in [2.24, 2.45) is 0 Å². The Hall–Kier alpha value is -2.17. The second kappa shape index (κ2) is 6.84. The highest BCUT2D eigenvalue weighted by Crippen LogP contribution is 2.12. The number of nitrogens with zero attached hydrogens (tertiary/aromatic N) is 3. The lowest BCUT2D eigenvalue weighted by molar-refractivity contribution is 0.585. The fourth-order valence-corrected chi connectivity index (χ4v) is 1.96. The van der Waals surface area contributed by atoms with E-state index >= 15 is 0 Å². The summed E-state index contributed by atoms with van der Waals surface area (Å²) in [5.41, 5.74) is 1.03. The number of hydrogen-bond acceptors (Lipinski definition) is 4. The number of nitrogens with one attached hydrogen (secondary N) is 1. The molecule has 2 aromatic rings. The summed E-state index contributed by atoms with van der Waals surface area (Å²) in [4.78, 5) is 10.4. The molecular formula is C15H19FN4. The molecular weight excluding hydrogens is 255 g/mol. The Labute approximate surface area is 118 Å². The van der Waals surface area contributed by atoms with Crippen LogP contribution in [0.5, 0.6) is 0 Å². The summed E-state index contributed by atoms with van der Waals surface area (Å²) in [5, 5.41) is 3.07. The first-order chi connectivity index (χ1) is 9.72. The molecule has 0 aliphatic rings. The number of anilines is 2. The molecule has 20 heavy (non-hydrogen) atoms. The van der Waals surface area contributed by atoms with Gasteiger partial charge in [-0.1, -0.05) is 12.1 Å². The van der Waals surface area contributed by atoms with E-state index in [0.717, 1.165) is 24.5 Å². The zero-order valence-electron chi connectivity index (χ0n) is 11.8. The minimum Gasteiger partial charge on any atom is -0.366 e. The van der Waals surface area contributed by atoms with Gasteiger partial charge in [-0.3, -0.25) is 0 Å². The normalized spacial score (nSPS) is 10.3. The van der Waals surface area contributed by atoms with Crippen molar-refractivity contribution in [1.29, 1.82) is 0 Å². The molecule has 0 bridgehead atoms. The van der Waals surface area contributed by atoms with E-state index in [2.05, 4.69) is 34.0 Å². The van der Waals surface area contributed by atoms with Crippen LogP contribution in [-0.4, -0.2) is 23.1 Å². The third-order valence-corrected chi connectivity index (χ3v) is 3.09. The second-order valence-corrected chi connectivity index (χ2v) is 4.40. The molecule has 0 aliphatic heterocycles.